The molecule has 2 heterocycles. The molecule has 3 rings (SSSR count). The van der Waals surface area contributed by atoms with Crippen LogP contribution in [0.1, 0.15) is 11.3 Å². The fraction of sp³-hybridized carbons (Fsp3) is 0.278. The molecule has 2 aromatic heterocycles. The second-order valence-corrected chi connectivity index (χ2v) is 6.28. The van der Waals surface area contributed by atoms with Crippen molar-refractivity contribution in [1.29, 1.82) is 0 Å². The van der Waals surface area contributed by atoms with Crippen LogP contribution in [0.4, 0.5) is 0 Å². The minimum Gasteiger partial charge on any atom is -0.462 e. The molecule has 0 amide bonds. The molecule has 0 aliphatic carbocycles. The summed E-state index contributed by atoms with van der Waals surface area (Å²) in [6, 6.07) is 14.4. The van der Waals surface area contributed by atoms with Gasteiger partial charge in [0.2, 0.25) is 0 Å². The molecule has 0 bridgehead atoms. The van der Waals surface area contributed by atoms with Crippen LogP contribution in [0.2, 0.25) is 0 Å². The highest BCUT2D eigenvalue weighted by atomic mass is 32.1. The highest BCUT2D eigenvalue weighted by molar-refractivity contribution is 7.13. The van der Waals surface area contributed by atoms with Crippen LogP contribution >= 0.6 is 11.3 Å². The lowest BCUT2D eigenvalue weighted by atomic mass is 10.1. The maximum atomic E-state index is 5.76. The van der Waals surface area contributed by atoms with E-state index in [1.54, 1.807) is 17.6 Å². The SMILES string of the molecule is NCCN(CCc1ccccc1)Cc1csc(-c2ccco2)n1. The first-order chi connectivity index (χ1) is 11.3. The molecule has 23 heavy (non-hydrogen) atoms. The number of nitrogens with zero attached hydrogens (tertiary/aromatic N) is 2. The normalized spacial score (nSPS) is 11.2. The van der Waals surface area contributed by atoms with Gasteiger partial charge in [-0.1, -0.05) is 30.3 Å². The second-order valence-electron chi connectivity index (χ2n) is 5.42. The van der Waals surface area contributed by atoms with Gasteiger partial charge in [0.05, 0.1) is 12.0 Å². The van der Waals surface area contributed by atoms with Crippen molar-refractivity contribution in [2.75, 3.05) is 19.6 Å². The van der Waals surface area contributed by atoms with Crippen LogP contribution in [-0.2, 0) is 13.0 Å². The lowest BCUT2D eigenvalue weighted by Gasteiger charge is -2.20. The molecule has 0 aliphatic rings. The Morgan fingerprint density at radius 1 is 1.09 bits per heavy atom. The highest BCUT2D eigenvalue weighted by Crippen LogP contribution is 2.24. The van der Waals surface area contributed by atoms with Crippen molar-refractivity contribution in [3.8, 4) is 10.8 Å². The van der Waals surface area contributed by atoms with E-state index in [1.165, 1.54) is 5.56 Å². The lowest BCUT2D eigenvalue weighted by molar-refractivity contribution is 0.274. The van der Waals surface area contributed by atoms with E-state index in [2.05, 4.69) is 39.5 Å². The fourth-order valence-corrected chi connectivity index (χ4v) is 3.28. The van der Waals surface area contributed by atoms with Crippen molar-refractivity contribution in [2.24, 2.45) is 5.73 Å². The van der Waals surface area contributed by atoms with Gasteiger partial charge in [-0.15, -0.1) is 11.3 Å². The molecule has 0 radical (unpaired) electrons. The van der Waals surface area contributed by atoms with Crippen molar-refractivity contribution in [3.05, 3.63) is 65.4 Å². The van der Waals surface area contributed by atoms with Crippen molar-refractivity contribution in [2.45, 2.75) is 13.0 Å². The summed E-state index contributed by atoms with van der Waals surface area (Å²) in [6.07, 6.45) is 2.70. The Kier molecular flexibility index (Phi) is 5.58. The minimum absolute atomic E-state index is 0.657. The van der Waals surface area contributed by atoms with Crippen LogP contribution in [0, 0.1) is 0 Å². The summed E-state index contributed by atoms with van der Waals surface area (Å²) in [5.74, 6) is 0.830. The molecule has 0 spiro atoms. The Labute approximate surface area is 140 Å². The molecule has 1 aromatic carbocycles. The Bertz CT molecular complexity index is 694. The monoisotopic (exact) mass is 327 g/mol. The van der Waals surface area contributed by atoms with Crippen LogP contribution in [0.25, 0.3) is 10.8 Å². The van der Waals surface area contributed by atoms with E-state index in [1.807, 2.05) is 18.2 Å². The van der Waals surface area contributed by atoms with E-state index < -0.39 is 0 Å². The molecule has 0 saturated carbocycles. The number of rotatable bonds is 8. The summed E-state index contributed by atoms with van der Waals surface area (Å²) in [5, 5.41) is 3.03. The van der Waals surface area contributed by atoms with Crippen LogP contribution in [0.5, 0.6) is 0 Å². The molecule has 4 nitrogen and oxygen atoms in total. The fourth-order valence-electron chi connectivity index (χ4n) is 2.51. The zero-order valence-corrected chi connectivity index (χ0v) is 13.8. The molecule has 0 saturated heterocycles. The summed E-state index contributed by atoms with van der Waals surface area (Å²) < 4.78 is 5.41. The van der Waals surface area contributed by atoms with Gasteiger partial charge in [-0.25, -0.2) is 4.98 Å². The van der Waals surface area contributed by atoms with Gasteiger partial charge in [0.25, 0.3) is 0 Å². The molecule has 2 N–H and O–H groups in total. The van der Waals surface area contributed by atoms with Gasteiger partial charge < -0.3 is 10.2 Å². The van der Waals surface area contributed by atoms with E-state index >= 15 is 0 Å². The number of hydrogen-bond donors (Lipinski definition) is 1. The predicted octanol–water partition coefficient (Wildman–Crippen LogP) is 3.41. The third kappa shape index (κ3) is 4.51. The summed E-state index contributed by atoms with van der Waals surface area (Å²) in [6.45, 7) is 3.33. The van der Waals surface area contributed by atoms with Gasteiger partial charge in [0, 0.05) is 31.6 Å². The first-order valence-electron chi connectivity index (χ1n) is 7.80. The van der Waals surface area contributed by atoms with Crippen LogP contribution in [0.3, 0.4) is 0 Å². The highest BCUT2D eigenvalue weighted by Gasteiger charge is 2.11. The third-order valence-electron chi connectivity index (χ3n) is 3.67. The van der Waals surface area contributed by atoms with Gasteiger partial charge >= 0.3 is 0 Å². The van der Waals surface area contributed by atoms with Gasteiger partial charge in [-0.3, -0.25) is 4.90 Å². The first kappa shape index (κ1) is 15.9. The average Bonchev–Trinajstić information content (AvgIpc) is 3.25. The maximum absolute atomic E-state index is 5.76. The standard InChI is InChI=1S/C18H21N3OS/c19-9-11-21(10-8-15-5-2-1-3-6-15)13-16-14-23-18(20-16)17-7-4-12-22-17/h1-7,12,14H,8-11,13,19H2. The number of thiazole rings is 1. The van der Waals surface area contributed by atoms with Crippen molar-refractivity contribution in [1.82, 2.24) is 9.88 Å². The van der Waals surface area contributed by atoms with E-state index in [9.17, 15) is 0 Å². The summed E-state index contributed by atoms with van der Waals surface area (Å²) in [4.78, 5) is 7.03. The molecule has 0 unspecified atom stereocenters. The van der Waals surface area contributed by atoms with Gasteiger partial charge in [-0.05, 0) is 24.1 Å². The van der Waals surface area contributed by atoms with E-state index in [4.69, 9.17) is 10.2 Å². The summed E-state index contributed by atoms with van der Waals surface area (Å²) in [5.41, 5.74) is 8.18. The molecular weight excluding hydrogens is 306 g/mol. The lowest BCUT2D eigenvalue weighted by Crippen LogP contribution is -2.31. The number of hydrogen-bond acceptors (Lipinski definition) is 5. The van der Waals surface area contributed by atoms with Crippen LogP contribution in [-0.4, -0.2) is 29.5 Å². The zero-order valence-electron chi connectivity index (χ0n) is 13.0. The van der Waals surface area contributed by atoms with Crippen molar-refractivity contribution in [3.63, 3.8) is 0 Å². The second kappa shape index (κ2) is 8.06. The molecule has 120 valence electrons. The number of aromatic nitrogens is 1. The maximum Gasteiger partial charge on any atom is 0.162 e. The molecule has 0 atom stereocenters. The number of furan rings is 1. The van der Waals surface area contributed by atoms with Gasteiger partial charge in [-0.2, -0.15) is 0 Å². The first-order valence-corrected chi connectivity index (χ1v) is 8.68. The minimum atomic E-state index is 0.657. The molecule has 0 aliphatic heterocycles. The Morgan fingerprint density at radius 3 is 2.70 bits per heavy atom. The zero-order chi connectivity index (χ0) is 15.9. The predicted molar refractivity (Wildman–Crippen MR) is 94.3 cm³/mol. The Morgan fingerprint density at radius 2 is 1.96 bits per heavy atom. The smallest absolute Gasteiger partial charge is 0.162 e. The third-order valence-corrected chi connectivity index (χ3v) is 4.58. The summed E-state index contributed by atoms with van der Waals surface area (Å²) in [7, 11) is 0. The van der Waals surface area contributed by atoms with Gasteiger partial charge in [0.1, 0.15) is 0 Å². The Balaban J connectivity index is 1.60. The number of nitrogens with two attached hydrogens (primary N) is 1. The molecule has 5 heteroatoms. The van der Waals surface area contributed by atoms with Gasteiger partial charge in [0.15, 0.2) is 10.8 Å². The largest absolute Gasteiger partial charge is 0.462 e. The van der Waals surface area contributed by atoms with E-state index in [0.717, 1.165) is 42.5 Å². The molecule has 0 fully saturated rings. The van der Waals surface area contributed by atoms with E-state index in [-0.39, 0.29) is 0 Å². The van der Waals surface area contributed by atoms with Crippen LogP contribution in [0.15, 0.2) is 58.5 Å². The average molecular weight is 327 g/mol. The summed E-state index contributed by atoms with van der Waals surface area (Å²) >= 11 is 1.62. The van der Waals surface area contributed by atoms with Crippen molar-refractivity contribution < 1.29 is 4.42 Å². The molecular formula is C18H21N3OS. The number of benzene rings is 1. The topological polar surface area (TPSA) is 55.3 Å². The molecule has 3 aromatic rings. The Hall–Kier alpha value is -1.95. The quantitative estimate of drug-likeness (QED) is 0.689. The van der Waals surface area contributed by atoms with E-state index in [0.29, 0.717) is 6.54 Å². The van der Waals surface area contributed by atoms with Crippen LogP contribution < -0.4 is 5.73 Å². The van der Waals surface area contributed by atoms with Crippen molar-refractivity contribution >= 4 is 11.3 Å².